The van der Waals surface area contributed by atoms with Gasteiger partial charge < -0.3 is 15.8 Å². The number of benzene rings is 1. The van der Waals surface area contributed by atoms with Crippen molar-refractivity contribution in [1.82, 2.24) is 5.32 Å². The van der Waals surface area contributed by atoms with Crippen molar-refractivity contribution in [2.45, 2.75) is 50.9 Å². The molecule has 4 heteroatoms. The summed E-state index contributed by atoms with van der Waals surface area (Å²) >= 11 is 0. The van der Waals surface area contributed by atoms with Gasteiger partial charge in [-0.2, -0.15) is 0 Å². The number of fused-ring (bicyclic) bond motifs is 1. The van der Waals surface area contributed by atoms with Gasteiger partial charge in [-0.05, 0) is 36.1 Å². The smallest absolute Gasteiger partial charge is 0.251 e. The number of ether oxygens (including phenoxy) is 1. The number of nitrogens with two attached hydrogens (primary N) is 1. The fourth-order valence-corrected chi connectivity index (χ4v) is 3.23. The van der Waals surface area contributed by atoms with E-state index in [9.17, 15) is 4.79 Å². The van der Waals surface area contributed by atoms with Crippen molar-refractivity contribution >= 4 is 5.91 Å². The third-order valence-corrected chi connectivity index (χ3v) is 4.56. The highest BCUT2D eigenvalue weighted by atomic mass is 16.5. The lowest BCUT2D eigenvalue weighted by atomic mass is 9.81. The molecule has 3 N–H and O–H groups in total. The van der Waals surface area contributed by atoms with Crippen LogP contribution in [-0.2, 0) is 18.0 Å². The molecule has 0 radical (unpaired) electrons. The van der Waals surface area contributed by atoms with Crippen molar-refractivity contribution in [2.24, 2.45) is 5.73 Å². The molecule has 0 bridgehead atoms. The number of rotatable bonds is 3. The van der Waals surface area contributed by atoms with E-state index < -0.39 is 0 Å². The Kier molecular flexibility index (Phi) is 3.76. The lowest BCUT2D eigenvalue weighted by Gasteiger charge is -2.37. The normalized spacial score (nSPS) is 20.4. The minimum Gasteiger partial charge on any atom is -0.372 e. The minimum absolute atomic E-state index is 0.00736. The summed E-state index contributed by atoms with van der Waals surface area (Å²) in [6, 6.07) is 5.83. The van der Waals surface area contributed by atoms with Gasteiger partial charge in [0.1, 0.15) is 0 Å². The van der Waals surface area contributed by atoms with Crippen molar-refractivity contribution in [3.63, 3.8) is 0 Å². The highest BCUT2D eigenvalue weighted by Crippen LogP contribution is 2.28. The number of carbonyl (C=O) groups is 1. The van der Waals surface area contributed by atoms with Crippen LogP contribution < -0.4 is 11.1 Å². The number of nitrogens with one attached hydrogen (secondary N) is 1. The van der Waals surface area contributed by atoms with Gasteiger partial charge >= 0.3 is 0 Å². The molecule has 1 saturated carbocycles. The Morgan fingerprint density at radius 3 is 2.70 bits per heavy atom. The van der Waals surface area contributed by atoms with Crippen LogP contribution in [0.2, 0.25) is 0 Å². The Bertz CT molecular complexity index is 507. The second-order valence-corrected chi connectivity index (χ2v) is 5.98. The summed E-state index contributed by atoms with van der Waals surface area (Å²) in [6.45, 7) is 1.79. The van der Waals surface area contributed by atoms with Crippen molar-refractivity contribution < 1.29 is 9.53 Å². The Balaban J connectivity index is 1.75. The zero-order valence-corrected chi connectivity index (χ0v) is 11.8. The van der Waals surface area contributed by atoms with Gasteiger partial charge in [-0.1, -0.05) is 25.3 Å². The van der Waals surface area contributed by atoms with E-state index in [1.807, 2.05) is 18.2 Å². The first kappa shape index (κ1) is 13.6. The van der Waals surface area contributed by atoms with E-state index >= 15 is 0 Å². The quantitative estimate of drug-likeness (QED) is 0.887. The maximum absolute atomic E-state index is 12.5. The number of hydrogen-bond donors (Lipinski definition) is 2. The van der Waals surface area contributed by atoms with Crippen LogP contribution in [0.15, 0.2) is 18.2 Å². The fourth-order valence-electron chi connectivity index (χ4n) is 3.23. The van der Waals surface area contributed by atoms with Crippen LogP contribution >= 0.6 is 0 Å². The molecular weight excluding hydrogens is 252 g/mol. The molecule has 1 heterocycles. The molecule has 0 saturated heterocycles. The van der Waals surface area contributed by atoms with Gasteiger partial charge in [0.25, 0.3) is 5.91 Å². The van der Waals surface area contributed by atoms with Crippen molar-refractivity contribution in [1.29, 1.82) is 0 Å². The SMILES string of the molecule is NCC1(NC(=O)c2ccc3c(c2)COC3)CCCCC1. The summed E-state index contributed by atoms with van der Waals surface area (Å²) in [5.74, 6) is -0.00736. The summed E-state index contributed by atoms with van der Waals surface area (Å²) in [6.07, 6.45) is 5.52. The summed E-state index contributed by atoms with van der Waals surface area (Å²) in [5.41, 5.74) is 8.75. The summed E-state index contributed by atoms with van der Waals surface area (Å²) < 4.78 is 5.39. The van der Waals surface area contributed by atoms with E-state index in [0.717, 1.165) is 31.2 Å². The van der Waals surface area contributed by atoms with Crippen LogP contribution in [0.4, 0.5) is 0 Å². The molecule has 2 aliphatic rings. The maximum atomic E-state index is 12.5. The molecule has 108 valence electrons. The molecular formula is C16H22N2O2. The molecule has 1 aliphatic carbocycles. The molecule has 1 aromatic carbocycles. The van der Waals surface area contributed by atoms with E-state index in [0.29, 0.717) is 25.3 Å². The van der Waals surface area contributed by atoms with E-state index in [1.165, 1.54) is 12.0 Å². The molecule has 20 heavy (non-hydrogen) atoms. The highest BCUT2D eigenvalue weighted by molar-refractivity contribution is 5.95. The fraction of sp³-hybridized carbons (Fsp3) is 0.562. The number of carbonyl (C=O) groups excluding carboxylic acids is 1. The van der Waals surface area contributed by atoms with Crippen LogP contribution in [0.3, 0.4) is 0 Å². The van der Waals surface area contributed by atoms with Gasteiger partial charge in [0.15, 0.2) is 0 Å². The van der Waals surface area contributed by atoms with Crippen LogP contribution in [0.5, 0.6) is 0 Å². The average molecular weight is 274 g/mol. The zero-order valence-electron chi connectivity index (χ0n) is 11.8. The van der Waals surface area contributed by atoms with Crippen LogP contribution in [-0.4, -0.2) is 18.0 Å². The first-order chi connectivity index (χ1) is 9.72. The van der Waals surface area contributed by atoms with Gasteiger partial charge in [-0.3, -0.25) is 4.79 Å². The standard InChI is InChI=1S/C16H22N2O2/c17-11-16(6-2-1-3-7-16)18-15(19)12-4-5-13-9-20-10-14(13)8-12/h4-5,8H,1-3,6-7,9-11,17H2,(H,18,19). The molecule has 0 unspecified atom stereocenters. The summed E-state index contributed by atoms with van der Waals surface area (Å²) in [5, 5.41) is 3.18. The van der Waals surface area contributed by atoms with E-state index in [2.05, 4.69) is 5.32 Å². The highest BCUT2D eigenvalue weighted by Gasteiger charge is 2.32. The average Bonchev–Trinajstić information content (AvgIpc) is 2.95. The second-order valence-electron chi connectivity index (χ2n) is 5.98. The van der Waals surface area contributed by atoms with Gasteiger partial charge in [0, 0.05) is 12.1 Å². The van der Waals surface area contributed by atoms with E-state index in [1.54, 1.807) is 0 Å². The molecule has 4 nitrogen and oxygen atoms in total. The Labute approximate surface area is 119 Å². The Morgan fingerprint density at radius 2 is 1.95 bits per heavy atom. The van der Waals surface area contributed by atoms with Gasteiger partial charge in [-0.25, -0.2) is 0 Å². The first-order valence-electron chi connectivity index (χ1n) is 7.45. The van der Waals surface area contributed by atoms with Crippen LogP contribution in [0, 0.1) is 0 Å². The topological polar surface area (TPSA) is 64.3 Å². The maximum Gasteiger partial charge on any atom is 0.251 e. The van der Waals surface area contributed by atoms with Crippen LogP contribution in [0.1, 0.15) is 53.6 Å². The van der Waals surface area contributed by atoms with Crippen molar-refractivity contribution in [2.75, 3.05) is 6.54 Å². The first-order valence-corrected chi connectivity index (χ1v) is 7.45. The third kappa shape index (κ3) is 2.58. The minimum atomic E-state index is -0.204. The largest absolute Gasteiger partial charge is 0.372 e. The van der Waals surface area contributed by atoms with Gasteiger partial charge in [0.05, 0.1) is 18.8 Å². The molecule has 1 fully saturated rings. The molecule has 0 atom stereocenters. The Hall–Kier alpha value is -1.39. The summed E-state index contributed by atoms with van der Waals surface area (Å²) in [4.78, 5) is 12.5. The van der Waals surface area contributed by atoms with Gasteiger partial charge in [0.2, 0.25) is 0 Å². The molecule has 0 spiro atoms. The summed E-state index contributed by atoms with van der Waals surface area (Å²) in [7, 11) is 0. The predicted molar refractivity (Wildman–Crippen MR) is 77.3 cm³/mol. The van der Waals surface area contributed by atoms with E-state index in [-0.39, 0.29) is 11.4 Å². The zero-order chi connectivity index (χ0) is 14.0. The van der Waals surface area contributed by atoms with Crippen molar-refractivity contribution in [3.8, 4) is 0 Å². The van der Waals surface area contributed by atoms with Gasteiger partial charge in [-0.15, -0.1) is 0 Å². The lowest BCUT2D eigenvalue weighted by Crippen LogP contribution is -2.54. The molecule has 3 rings (SSSR count). The molecule has 0 aromatic heterocycles. The number of hydrogen-bond acceptors (Lipinski definition) is 3. The third-order valence-electron chi connectivity index (χ3n) is 4.56. The van der Waals surface area contributed by atoms with E-state index in [4.69, 9.17) is 10.5 Å². The van der Waals surface area contributed by atoms with Crippen LogP contribution in [0.25, 0.3) is 0 Å². The Morgan fingerprint density at radius 1 is 1.20 bits per heavy atom. The molecule has 1 aliphatic heterocycles. The molecule has 1 aromatic rings. The number of amides is 1. The second kappa shape index (κ2) is 5.54. The molecule has 1 amide bonds. The lowest BCUT2D eigenvalue weighted by molar-refractivity contribution is 0.0874. The van der Waals surface area contributed by atoms with Crippen molar-refractivity contribution in [3.05, 3.63) is 34.9 Å². The predicted octanol–water partition coefficient (Wildman–Crippen LogP) is 2.11. The monoisotopic (exact) mass is 274 g/mol.